The van der Waals surface area contributed by atoms with Gasteiger partial charge in [-0.3, -0.25) is 18.9 Å². The van der Waals surface area contributed by atoms with Crippen LogP contribution in [0.5, 0.6) is 0 Å². The van der Waals surface area contributed by atoms with E-state index in [-0.39, 0.29) is 48.0 Å². The molecule has 0 aromatic heterocycles. The van der Waals surface area contributed by atoms with Gasteiger partial charge in [-0.15, -0.1) is 0 Å². The Morgan fingerprint density at radius 2 is 1.59 bits per heavy atom. The Balaban J connectivity index is 2.45. The van der Waals surface area contributed by atoms with E-state index in [0.29, 0.717) is 43.3 Å². The lowest BCUT2D eigenvalue weighted by atomic mass is 9.73. The largest absolute Gasteiger partial charge is 0.550 e. The van der Waals surface area contributed by atoms with E-state index in [2.05, 4.69) is 57.5 Å². The first kappa shape index (κ1) is 39.2. The molecule has 46 heavy (non-hydrogen) atoms. The molecule has 260 valence electrons. The van der Waals surface area contributed by atoms with Crippen LogP contribution < -0.4 is 16.2 Å². The minimum atomic E-state index is -1.19. The zero-order valence-electron chi connectivity index (χ0n) is 29.8. The van der Waals surface area contributed by atoms with Crippen LogP contribution in [-0.2, 0) is 30.5 Å². The summed E-state index contributed by atoms with van der Waals surface area (Å²) in [6.07, 6.45) is 2.82. The first-order valence-corrected chi connectivity index (χ1v) is 17.1. The second kappa shape index (κ2) is 17.3. The molecular weight excluding hydrogens is 584 g/mol. The minimum Gasteiger partial charge on any atom is -0.550 e. The molecule has 2 amide bonds. The maximum atomic E-state index is 13.2. The Labute approximate surface area is 277 Å². The molecule has 1 aliphatic rings. The van der Waals surface area contributed by atoms with E-state index in [9.17, 15) is 24.3 Å². The number of ether oxygens (including phenoxy) is 1. The Hall–Kier alpha value is -2.98. The van der Waals surface area contributed by atoms with Crippen LogP contribution in [0.4, 0.5) is 0 Å². The fourth-order valence-corrected chi connectivity index (χ4v) is 6.79. The summed E-state index contributed by atoms with van der Waals surface area (Å²) in [7, 11) is 8.43. The number of nitrogens with one attached hydrogen (secondary N) is 1. The zero-order chi connectivity index (χ0) is 34.8. The van der Waals surface area contributed by atoms with Gasteiger partial charge in [-0.05, 0) is 75.7 Å². The molecule has 2 rings (SSSR count). The number of hydrogen-bond acceptors (Lipinski definition) is 6. The molecule has 0 saturated heterocycles. The van der Waals surface area contributed by atoms with Gasteiger partial charge in [0.1, 0.15) is 6.54 Å². The van der Waals surface area contributed by atoms with Crippen LogP contribution in [0.2, 0.25) is 0 Å². The summed E-state index contributed by atoms with van der Waals surface area (Å²) in [4.78, 5) is 50.0. The number of nitrogens with zero attached hydrogens (tertiary/aromatic N) is 2. The minimum absolute atomic E-state index is 0.0527. The topological polar surface area (TPSA) is 139 Å². The summed E-state index contributed by atoms with van der Waals surface area (Å²) >= 11 is 0. The Kier molecular flexibility index (Phi) is 14.7. The number of carbonyl (C=O) groups is 4. The normalized spacial score (nSPS) is 21.2. The number of nitrogens with two attached hydrogens (primary N) is 1. The molecule has 10 nitrogen and oxygen atoms in total. The number of carboxylic acids is 1. The molecule has 1 aromatic carbocycles. The van der Waals surface area contributed by atoms with Gasteiger partial charge >= 0.3 is 5.97 Å². The van der Waals surface area contributed by atoms with Gasteiger partial charge in [0, 0.05) is 36.3 Å². The monoisotopic (exact) mass is 645 g/mol. The van der Waals surface area contributed by atoms with Crippen molar-refractivity contribution in [3.63, 3.8) is 0 Å². The number of primary amides is 1. The summed E-state index contributed by atoms with van der Waals surface area (Å²) in [5.74, 6) is -4.39. The second-order valence-corrected chi connectivity index (χ2v) is 15.0. The van der Waals surface area contributed by atoms with E-state index in [1.807, 2.05) is 27.9 Å². The Morgan fingerprint density at radius 3 is 2.09 bits per heavy atom. The molecule has 1 fully saturated rings. The van der Waals surface area contributed by atoms with Gasteiger partial charge < -0.3 is 30.2 Å². The predicted octanol–water partition coefficient (Wildman–Crippen LogP) is 3.18. The van der Waals surface area contributed by atoms with Crippen molar-refractivity contribution in [2.45, 2.75) is 91.6 Å². The molecule has 0 radical (unpaired) electrons. The number of carbonyl (C=O) groups excluding carboxylic acids is 4. The third kappa shape index (κ3) is 12.0. The van der Waals surface area contributed by atoms with Gasteiger partial charge in [0.25, 0.3) is 0 Å². The van der Waals surface area contributed by atoms with Gasteiger partial charge in [-0.1, -0.05) is 38.1 Å². The predicted molar refractivity (Wildman–Crippen MR) is 177 cm³/mol. The first-order valence-electron chi connectivity index (χ1n) is 17.1. The highest BCUT2D eigenvalue weighted by Gasteiger charge is 2.42. The van der Waals surface area contributed by atoms with Gasteiger partial charge in [0.2, 0.25) is 18.5 Å². The van der Waals surface area contributed by atoms with Crippen molar-refractivity contribution in [2.24, 2.45) is 35.3 Å². The molecule has 0 aliphatic heterocycles. The molecule has 3 N–H and O–H groups in total. The van der Waals surface area contributed by atoms with E-state index in [1.54, 1.807) is 0 Å². The van der Waals surface area contributed by atoms with Crippen LogP contribution in [0.3, 0.4) is 0 Å². The summed E-state index contributed by atoms with van der Waals surface area (Å²) < 4.78 is 7.17. The lowest BCUT2D eigenvalue weighted by molar-refractivity contribution is -0.905. The molecule has 7 atom stereocenters. The van der Waals surface area contributed by atoms with E-state index in [4.69, 9.17) is 10.5 Å². The molecule has 7 unspecified atom stereocenters. The maximum Gasteiger partial charge on any atom is 0.312 e. The van der Waals surface area contributed by atoms with Crippen LogP contribution in [0, 0.1) is 29.6 Å². The molecular formula is C36H61N4O6+. The third-order valence-electron chi connectivity index (χ3n) is 10.4. The summed E-state index contributed by atoms with van der Waals surface area (Å²) in [6, 6.07) is 8.39. The standard InChI is InChI=1S/C36H60N4O6/c1-10-27(34(37)42)20-33(35(43)44)32-21-31(38-25(5)41)19-30(32)18-29(17-24(4)36(45)46-23-40(8,9)12-3)28-15-13-26(14-16-28)22-39(6,7)11-2/h13-16,24,27,29-33H,10-12,17-23H2,1-9H3,(H2-2,37,38,41,42,43,44)/p+1. The molecule has 10 heteroatoms. The average Bonchev–Trinajstić information content (AvgIpc) is 3.36. The number of benzene rings is 1. The number of hydrogen-bond donors (Lipinski definition) is 2. The number of quaternary nitrogens is 2. The van der Waals surface area contributed by atoms with Crippen molar-refractivity contribution in [2.75, 3.05) is 48.0 Å². The van der Waals surface area contributed by atoms with E-state index < -0.39 is 23.7 Å². The van der Waals surface area contributed by atoms with Gasteiger partial charge in [-0.2, -0.15) is 0 Å². The van der Waals surface area contributed by atoms with Gasteiger partial charge in [0.15, 0.2) is 0 Å². The molecule has 0 bridgehead atoms. The van der Waals surface area contributed by atoms with Crippen molar-refractivity contribution in [3.8, 4) is 0 Å². The van der Waals surface area contributed by atoms with Gasteiger partial charge in [0.05, 0.1) is 47.2 Å². The summed E-state index contributed by atoms with van der Waals surface area (Å²) in [5, 5.41) is 15.6. The highest BCUT2D eigenvalue weighted by atomic mass is 16.5. The molecule has 0 spiro atoms. The number of rotatable bonds is 19. The number of carboxylic acid groups (broad SMARTS) is 1. The Bertz CT molecular complexity index is 1170. The van der Waals surface area contributed by atoms with Crippen LogP contribution in [0.1, 0.15) is 90.2 Å². The lowest BCUT2D eigenvalue weighted by Gasteiger charge is -2.34. The van der Waals surface area contributed by atoms with Crippen molar-refractivity contribution < 1.29 is 38.0 Å². The molecule has 1 saturated carbocycles. The number of esters is 1. The van der Waals surface area contributed by atoms with Crippen LogP contribution in [0.25, 0.3) is 0 Å². The fraction of sp³-hybridized carbons (Fsp3) is 0.722. The van der Waals surface area contributed by atoms with E-state index >= 15 is 0 Å². The average molecular weight is 646 g/mol. The maximum absolute atomic E-state index is 13.2. The molecule has 1 aliphatic carbocycles. The van der Waals surface area contributed by atoms with Gasteiger partial charge in [-0.25, -0.2) is 0 Å². The van der Waals surface area contributed by atoms with Crippen molar-refractivity contribution in [1.29, 1.82) is 0 Å². The summed E-state index contributed by atoms with van der Waals surface area (Å²) in [6.45, 7) is 12.4. The first-order chi connectivity index (χ1) is 21.4. The fourth-order valence-electron chi connectivity index (χ4n) is 6.79. The summed E-state index contributed by atoms with van der Waals surface area (Å²) in [5.41, 5.74) is 7.94. The number of aliphatic carboxylic acids is 1. The lowest BCUT2D eigenvalue weighted by Crippen LogP contribution is -2.42. The van der Waals surface area contributed by atoms with Crippen LogP contribution in [-0.4, -0.2) is 86.8 Å². The molecule has 0 heterocycles. The van der Waals surface area contributed by atoms with E-state index in [0.717, 1.165) is 29.7 Å². The molecule has 1 aromatic rings. The highest BCUT2D eigenvalue weighted by Crippen LogP contribution is 2.46. The third-order valence-corrected chi connectivity index (χ3v) is 10.4. The zero-order valence-corrected chi connectivity index (χ0v) is 29.8. The Morgan fingerprint density at radius 1 is 0.978 bits per heavy atom. The SMILES string of the molecule is CCC(CC(C(=O)[O-])C1CC(NC(C)=O)CC1CC(CC(C)C(=O)OC[N+](C)(C)CC)c1ccc(C[N+](C)(C)CC)cc1)C(N)=O. The van der Waals surface area contributed by atoms with E-state index in [1.165, 1.54) is 12.5 Å². The van der Waals surface area contributed by atoms with Crippen molar-refractivity contribution in [3.05, 3.63) is 35.4 Å². The second-order valence-electron chi connectivity index (χ2n) is 15.0. The highest BCUT2D eigenvalue weighted by molar-refractivity contribution is 5.78. The quantitative estimate of drug-likeness (QED) is 0.135. The van der Waals surface area contributed by atoms with Crippen LogP contribution in [0.15, 0.2) is 24.3 Å². The van der Waals surface area contributed by atoms with Crippen molar-refractivity contribution in [1.82, 2.24) is 5.32 Å². The number of amides is 2. The van der Waals surface area contributed by atoms with Crippen molar-refractivity contribution >= 4 is 23.8 Å². The van der Waals surface area contributed by atoms with Crippen LogP contribution >= 0.6 is 0 Å². The smallest absolute Gasteiger partial charge is 0.312 e.